The first-order valence-electron chi connectivity index (χ1n) is 7.98. The first-order chi connectivity index (χ1) is 12.9. The molecular formula is C19H16N2O5S. The van der Waals surface area contributed by atoms with Gasteiger partial charge >= 0.3 is 0 Å². The molecule has 0 heterocycles. The summed E-state index contributed by atoms with van der Waals surface area (Å²) < 4.78 is 32.9. The Balaban J connectivity index is 1.68. The fourth-order valence-electron chi connectivity index (χ4n) is 2.34. The lowest BCUT2D eigenvalue weighted by atomic mass is 10.2. The molecule has 0 saturated carbocycles. The van der Waals surface area contributed by atoms with Gasteiger partial charge in [0.25, 0.3) is 15.7 Å². The van der Waals surface area contributed by atoms with Gasteiger partial charge in [-0.05, 0) is 35.9 Å². The number of nitrogens with zero attached hydrogens (tertiary/aromatic N) is 1. The lowest BCUT2D eigenvalue weighted by Gasteiger charge is -2.10. The zero-order chi connectivity index (χ0) is 19.3. The Morgan fingerprint density at radius 1 is 0.926 bits per heavy atom. The van der Waals surface area contributed by atoms with Crippen LogP contribution in [0.2, 0.25) is 0 Å². The van der Waals surface area contributed by atoms with E-state index in [4.69, 9.17) is 4.74 Å². The van der Waals surface area contributed by atoms with Crippen molar-refractivity contribution in [2.75, 3.05) is 4.72 Å². The summed E-state index contributed by atoms with van der Waals surface area (Å²) in [6.45, 7) is 0.402. The molecule has 0 aliphatic carbocycles. The largest absolute Gasteiger partial charge is 0.489 e. The van der Waals surface area contributed by atoms with Crippen molar-refractivity contribution in [3.8, 4) is 5.75 Å². The first-order valence-corrected chi connectivity index (χ1v) is 9.46. The molecule has 0 atom stereocenters. The third kappa shape index (κ3) is 4.83. The standard InChI is InChI=1S/C19H16N2O5S/c22-21(23)17-7-4-8-19(13-17)27(24,25)20-16-9-11-18(12-10-16)26-14-15-5-2-1-3-6-15/h1-13,20H,14H2. The molecule has 0 fully saturated rings. The van der Waals surface area contributed by atoms with Crippen LogP contribution in [0.4, 0.5) is 11.4 Å². The summed E-state index contributed by atoms with van der Waals surface area (Å²) in [5.74, 6) is 0.595. The molecule has 7 nitrogen and oxygen atoms in total. The highest BCUT2D eigenvalue weighted by atomic mass is 32.2. The number of hydrogen-bond donors (Lipinski definition) is 1. The van der Waals surface area contributed by atoms with Crippen molar-refractivity contribution >= 4 is 21.4 Å². The molecule has 27 heavy (non-hydrogen) atoms. The third-order valence-corrected chi connectivity index (χ3v) is 5.07. The fraction of sp³-hybridized carbons (Fsp3) is 0.0526. The minimum atomic E-state index is -3.93. The van der Waals surface area contributed by atoms with Crippen molar-refractivity contribution in [1.29, 1.82) is 0 Å². The van der Waals surface area contributed by atoms with Crippen LogP contribution in [-0.4, -0.2) is 13.3 Å². The van der Waals surface area contributed by atoms with E-state index in [0.29, 0.717) is 18.0 Å². The third-order valence-electron chi connectivity index (χ3n) is 3.69. The summed E-state index contributed by atoms with van der Waals surface area (Å²) in [6, 6.07) is 21.0. The molecule has 3 aromatic carbocycles. The molecule has 3 rings (SSSR count). The summed E-state index contributed by atoms with van der Waals surface area (Å²) in [5.41, 5.74) is 1.06. The number of anilines is 1. The summed E-state index contributed by atoms with van der Waals surface area (Å²) in [5, 5.41) is 10.8. The fourth-order valence-corrected chi connectivity index (χ4v) is 3.44. The monoisotopic (exact) mass is 384 g/mol. The SMILES string of the molecule is O=[N+]([O-])c1cccc(S(=O)(=O)Nc2ccc(OCc3ccccc3)cc2)c1. The molecule has 0 radical (unpaired) electrons. The van der Waals surface area contributed by atoms with Crippen LogP contribution >= 0.6 is 0 Å². The molecule has 1 N–H and O–H groups in total. The molecule has 0 bridgehead atoms. The van der Waals surface area contributed by atoms with E-state index < -0.39 is 14.9 Å². The maximum Gasteiger partial charge on any atom is 0.270 e. The molecule has 0 aliphatic heterocycles. The number of nitrogens with one attached hydrogen (secondary N) is 1. The van der Waals surface area contributed by atoms with Crippen LogP contribution in [0.1, 0.15) is 5.56 Å². The van der Waals surface area contributed by atoms with E-state index in [-0.39, 0.29) is 10.6 Å². The van der Waals surface area contributed by atoms with Crippen LogP contribution in [0.15, 0.2) is 83.8 Å². The Morgan fingerprint density at radius 3 is 2.30 bits per heavy atom. The highest BCUT2D eigenvalue weighted by molar-refractivity contribution is 7.92. The maximum absolute atomic E-state index is 12.4. The minimum Gasteiger partial charge on any atom is -0.489 e. The van der Waals surface area contributed by atoms with Crippen LogP contribution in [-0.2, 0) is 16.6 Å². The highest BCUT2D eigenvalue weighted by Crippen LogP contribution is 2.22. The van der Waals surface area contributed by atoms with Gasteiger partial charge in [-0.15, -0.1) is 0 Å². The average Bonchev–Trinajstić information content (AvgIpc) is 2.68. The molecule has 0 aliphatic rings. The summed E-state index contributed by atoms with van der Waals surface area (Å²) in [7, 11) is -3.93. The van der Waals surface area contributed by atoms with Crippen LogP contribution in [0.25, 0.3) is 0 Å². The Kier molecular flexibility index (Phi) is 5.37. The van der Waals surface area contributed by atoms with Crippen LogP contribution in [0.3, 0.4) is 0 Å². The zero-order valence-corrected chi connectivity index (χ0v) is 14.9. The van der Waals surface area contributed by atoms with Crippen molar-refractivity contribution in [1.82, 2.24) is 0 Å². The number of non-ortho nitro benzene ring substituents is 1. The average molecular weight is 384 g/mol. The van der Waals surface area contributed by atoms with E-state index in [1.54, 1.807) is 24.3 Å². The van der Waals surface area contributed by atoms with Gasteiger partial charge in [0.05, 0.1) is 9.82 Å². The maximum atomic E-state index is 12.4. The molecule has 0 spiro atoms. The van der Waals surface area contributed by atoms with Gasteiger partial charge in [0.1, 0.15) is 12.4 Å². The summed E-state index contributed by atoms with van der Waals surface area (Å²) >= 11 is 0. The van der Waals surface area contributed by atoms with E-state index in [1.165, 1.54) is 18.2 Å². The molecule has 0 unspecified atom stereocenters. The summed E-state index contributed by atoms with van der Waals surface area (Å²) in [4.78, 5) is 10.00. The van der Waals surface area contributed by atoms with Crippen molar-refractivity contribution in [3.63, 3.8) is 0 Å². The quantitative estimate of drug-likeness (QED) is 0.491. The molecule has 0 aromatic heterocycles. The van der Waals surface area contributed by atoms with Crippen LogP contribution in [0, 0.1) is 10.1 Å². The molecule has 0 amide bonds. The Bertz CT molecular complexity index is 1040. The smallest absolute Gasteiger partial charge is 0.270 e. The Hall–Kier alpha value is -3.39. The van der Waals surface area contributed by atoms with E-state index in [9.17, 15) is 18.5 Å². The molecule has 8 heteroatoms. The number of sulfonamides is 1. The van der Waals surface area contributed by atoms with Gasteiger partial charge in [0, 0.05) is 17.8 Å². The van der Waals surface area contributed by atoms with Gasteiger partial charge in [-0.25, -0.2) is 8.42 Å². The number of nitro benzene ring substituents is 1. The molecule has 0 saturated heterocycles. The second-order valence-electron chi connectivity index (χ2n) is 5.66. The van der Waals surface area contributed by atoms with E-state index in [0.717, 1.165) is 11.6 Å². The second-order valence-corrected chi connectivity index (χ2v) is 7.34. The number of benzene rings is 3. The van der Waals surface area contributed by atoms with Gasteiger partial charge < -0.3 is 4.74 Å². The predicted octanol–water partition coefficient (Wildman–Crippen LogP) is 3.97. The van der Waals surface area contributed by atoms with Gasteiger partial charge in [0.2, 0.25) is 0 Å². The zero-order valence-electron chi connectivity index (χ0n) is 14.1. The highest BCUT2D eigenvalue weighted by Gasteiger charge is 2.17. The van der Waals surface area contributed by atoms with Crippen LogP contribution < -0.4 is 9.46 Å². The molecular weight excluding hydrogens is 368 g/mol. The lowest BCUT2D eigenvalue weighted by Crippen LogP contribution is -2.13. The predicted molar refractivity (Wildman–Crippen MR) is 101 cm³/mol. The van der Waals surface area contributed by atoms with E-state index >= 15 is 0 Å². The number of ether oxygens (including phenoxy) is 1. The number of nitro groups is 1. The van der Waals surface area contributed by atoms with E-state index in [2.05, 4.69) is 4.72 Å². The second kappa shape index (κ2) is 7.88. The Labute approximate surface area is 156 Å². The van der Waals surface area contributed by atoms with Gasteiger partial charge in [0.15, 0.2) is 0 Å². The van der Waals surface area contributed by atoms with Crippen molar-refractivity contribution < 1.29 is 18.1 Å². The number of hydrogen-bond acceptors (Lipinski definition) is 5. The van der Waals surface area contributed by atoms with Gasteiger partial charge in [-0.3, -0.25) is 14.8 Å². The molecule has 138 valence electrons. The molecule has 3 aromatic rings. The number of rotatable bonds is 7. The first kappa shape index (κ1) is 18.4. The summed E-state index contributed by atoms with van der Waals surface area (Å²) in [6.07, 6.45) is 0. The van der Waals surface area contributed by atoms with Gasteiger partial charge in [-0.2, -0.15) is 0 Å². The minimum absolute atomic E-state index is 0.180. The van der Waals surface area contributed by atoms with Crippen molar-refractivity contribution in [3.05, 3.63) is 94.5 Å². The normalized spacial score (nSPS) is 11.0. The Morgan fingerprint density at radius 2 is 1.63 bits per heavy atom. The van der Waals surface area contributed by atoms with Crippen molar-refractivity contribution in [2.45, 2.75) is 11.5 Å². The van der Waals surface area contributed by atoms with E-state index in [1.807, 2.05) is 30.3 Å². The van der Waals surface area contributed by atoms with Crippen LogP contribution in [0.5, 0.6) is 5.75 Å². The lowest BCUT2D eigenvalue weighted by molar-refractivity contribution is -0.385. The topological polar surface area (TPSA) is 98.5 Å². The van der Waals surface area contributed by atoms with Crippen molar-refractivity contribution in [2.24, 2.45) is 0 Å². The van der Waals surface area contributed by atoms with Gasteiger partial charge in [-0.1, -0.05) is 36.4 Å².